The summed E-state index contributed by atoms with van der Waals surface area (Å²) in [6.45, 7) is 1.86. The molecule has 0 unspecified atom stereocenters. The minimum Gasteiger partial charge on any atom is -0.353 e. The Morgan fingerprint density at radius 2 is 1.68 bits per heavy atom. The fourth-order valence-corrected chi connectivity index (χ4v) is 5.27. The van der Waals surface area contributed by atoms with Crippen LogP contribution in [0, 0.1) is 5.92 Å². The number of hydrogen-bond donors (Lipinski definition) is 0. The van der Waals surface area contributed by atoms with Crippen molar-refractivity contribution >= 4 is 5.70 Å². The Balaban J connectivity index is 1.68. The molecule has 0 radical (unpaired) electrons. The molecule has 1 saturated carbocycles. The molecule has 2 fully saturated rings. The smallest absolute Gasteiger partial charge is 0.145 e. The molecule has 1 saturated heterocycles. The van der Waals surface area contributed by atoms with Gasteiger partial charge in [-0.05, 0) is 30.4 Å². The quantitative estimate of drug-likeness (QED) is 0.764. The summed E-state index contributed by atoms with van der Waals surface area (Å²) >= 11 is 0. The van der Waals surface area contributed by atoms with Crippen molar-refractivity contribution in [2.75, 3.05) is 13.2 Å². The van der Waals surface area contributed by atoms with E-state index in [9.17, 15) is 0 Å². The lowest BCUT2D eigenvalue weighted by molar-refractivity contribution is -0.136. The molecule has 2 aromatic rings. The third-order valence-corrected chi connectivity index (χ3v) is 6.32. The number of benzene rings is 2. The first-order valence-electron chi connectivity index (χ1n) is 9.62. The third-order valence-electron chi connectivity index (χ3n) is 6.32. The van der Waals surface area contributed by atoms with Crippen LogP contribution in [-0.4, -0.2) is 23.8 Å². The highest BCUT2D eigenvalue weighted by Crippen LogP contribution is 2.55. The van der Waals surface area contributed by atoms with Crippen LogP contribution in [0.2, 0.25) is 0 Å². The molecule has 2 aliphatic heterocycles. The van der Waals surface area contributed by atoms with Gasteiger partial charge in [-0.25, -0.2) is 0 Å². The van der Waals surface area contributed by atoms with E-state index in [0.29, 0.717) is 11.8 Å². The van der Waals surface area contributed by atoms with E-state index in [1.807, 2.05) is 0 Å². The molecule has 25 heavy (non-hydrogen) atoms. The van der Waals surface area contributed by atoms with E-state index in [-0.39, 0.29) is 5.72 Å². The summed E-state index contributed by atoms with van der Waals surface area (Å²) in [5.74, 6) is 0.990. The maximum Gasteiger partial charge on any atom is 0.145 e. The highest BCUT2D eigenvalue weighted by molar-refractivity contribution is 5.67. The van der Waals surface area contributed by atoms with Gasteiger partial charge in [-0.2, -0.15) is 0 Å². The Bertz CT molecular complexity index is 769. The molecule has 2 aromatic carbocycles. The highest BCUT2D eigenvalue weighted by Gasteiger charge is 2.55. The lowest BCUT2D eigenvalue weighted by Crippen LogP contribution is -2.55. The van der Waals surface area contributed by atoms with Gasteiger partial charge in [0.05, 0.1) is 6.61 Å². The van der Waals surface area contributed by atoms with Crippen LogP contribution in [0.4, 0.5) is 0 Å². The minimum absolute atomic E-state index is 0.0985. The zero-order valence-corrected chi connectivity index (χ0v) is 14.6. The molecule has 3 atom stereocenters. The van der Waals surface area contributed by atoms with Crippen LogP contribution >= 0.6 is 0 Å². The fourth-order valence-electron chi connectivity index (χ4n) is 5.27. The van der Waals surface area contributed by atoms with Crippen molar-refractivity contribution in [1.29, 1.82) is 0 Å². The van der Waals surface area contributed by atoms with Crippen molar-refractivity contribution < 1.29 is 4.74 Å². The molecule has 128 valence electrons. The zero-order valence-electron chi connectivity index (χ0n) is 14.6. The monoisotopic (exact) mass is 331 g/mol. The SMILES string of the molecule is C1=C(c2ccccc2)N2CCO[C@@]23CCCC[C@@H]3[C@@H]1c1ccccc1. The second-order valence-corrected chi connectivity index (χ2v) is 7.55. The topological polar surface area (TPSA) is 12.5 Å². The van der Waals surface area contributed by atoms with Crippen LogP contribution < -0.4 is 0 Å². The number of nitrogens with zero attached hydrogens (tertiary/aromatic N) is 1. The molecule has 5 rings (SSSR count). The Morgan fingerprint density at radius 3 is 2.48 bits per heavy atom. The first-order chi connectivity index (χ1) is 12.4. The molecule has 1 spiro atoms. The molecule has 3 aliphatic rings. The predicted octanol–water partition coefficient (Wildman–Crippen LogP) is 5.04. The van der Waals surface area contributed by atoms with E-state index >= 15 is 0 Å². The maximum absolute atomic E-state index is 6.54. The van der Waals surface area contributed by atoms with Crippen LogP contribution in [0.3, 0.4) is 0 Å². The average Bonchev–Trinajstić information content (AvgIpc) is 3.11. The number of ether oxygens (including phenoxy) is 1. The average molecular weight is 331 g/mol. The zero-order chi connectivity index (χ0) is 16.7. The summed E-state index contributed by atoms with van der Waals surface area (Å²) < 4.78 is 6.54. The van der Waals surface area contributed by atoms with Gasteiger partial charge in [-0.15, -0.1) is 0 Å². The van der Waals surface area contributed by atoms with Gasteiger partial charge in [-0.1, -0.05) is 73.2 Å². The highest BCUT2D eigenvalue weighted by atomic mass is 16.5. The van der Waals surface area contributed by atoms with Crippen LogP contribution in [-0.2, 0) is 4.74 Å². The van der Waals surface area contributed by atoms with Gasteiger partial charge in [-0.3, -0.25) is 0 Å². The molecule has 0 bridgehead atoms. The van der Waals surface area contributed by atoms with Crippen LogP contribution in [0.5, 0.6) is 0 Å². The van der Waals surface area contributed by atoms with Gasteiger partial charge < -0.3 is 9.64 Å². The van der Waals surface area contributed by atoms with Crippen molar-refractivity contribution in [3.63, 3.8) is 0 Å². The lowest BCUT2D eigenvalue weighted by atomic mass is 9.68. The summed E-state index contributed by atoms with van der Waals surface area (Å²) in [7, 11) is 0. The van der Waals surface area contributed by atoms with E-state index in [4.69, 9.17) is 4.74 Å². The maximum atomic E-state index is 6.54. The van der Waals surface area contributed by atoms with Gasteiger partial charge >= 0.3 is 0 Å². The van der Waals surface area contributed by atoms with Crippen LogP contribution in [0.25, 0.3) is 5.70 Å². The van der Waals surface area contributed by atoms with E-state index in [0.717, 1.165) is 19.6 Å². The Kier molecular flexibility index (Phi) is 3.67. The van der Waals surface area contributed by atoms with Gasteiger partial charge in [0, 0.05) is 24.1 Å². The van der Waals surface area contributed by atoms with E-state index in [1.54, 1.807) is 0 Å². The van der Waals surface area contributed by atoms with Crippen molar-refractivity contribution in [2.45, 2.75) is 37.3 Å². The third kappa shape index (κ3) is 2.35. The van der Waals surface area contributed by atoms with Crippen LogP contribution in [0.1, 0.15) is 42.7 Å². The first-order valence-corrected chi connectivity index (χ1v) is 9.62. The number of hydrogen-bond acceptors (Lipinski definition) is 2. The van der Waals surface area contributed by atoms with Crippen molar-refractivity contribution in [1.82, 2.24) is 4.90 Å². The normalized spacial score (nSPS) is 31.2. The van der Waals surface area contributed by atoms with E-state index in [2.05, 4.69) is 71.6 Å². The van der Waals surface area contributed by atoms with Crippen LogP contribution in [0.15, 0.2) is 66.7 Å². The van der Waals surface area contributed by atoms with E-state index in [1.165, 1.54) is 36.1 Å². The summed E-state index contributed by atoms with van der Waals surface area (Å²) in [6, 6.07) is 21.9. The molecule has 2 nitrogen and oxygen atoms in total. The molecule has 2 heteroatoms. The van der Waals surface area contributed by atoms with Gasteiger partial charge in [0.2, 0.25) is 0 Å². The molecule has 1 aliphatic carbocycles. The molecular weight excluding hydrogens is 306 g/mol. The lowest BCUT2D eigenvalue weighted by Gasteiger charge is -2.53. The Morgan fingerprint density at radius 1 is 0.920 bits per heavy atom. The second kappa shape index (κ2) is 6.03. The Labute approximate surface area is 150 Å². The first kappa shape index (κ1) is 15.2. The molecule has 0 N–H and O–H groups in total. The van der Waals surface area contributed by atoms with Gasteiger partial charge in [0.15, 0.2) is 0 Å². The second-order valence-electron chi connectivity index (χ2n) is 7.55. The largest absolute Gasteiger partial charge is 0.353 e. The van der Waals surface area contributed by atoms with E-state index < -0.39 is 0 Å². The fraction of sp³-hybridized carbons (Fsp3) is 0.391. The molecule has 0 aromatic heterocycles. The van der Waals surface area contributed by atoms with Gasteiger partial charge in [0.1, 0.15) is 5.72 Å². The minimum atomic E-state index is -0.0985. The number of allylic oxidation sites excluding steroid dienone is 1. The number of rotatable bonds is 2. The molecule has 2 heterocycles. The Hall–Kier alpha value is -2.06. The van der Waals surface area contributed by atoms with Crippen molar-refractivity contribution in [3.05, 3.63) is 77.9 Å². The van der Waals surface area contributed by atoms with Gasteiger partial charge in [0.25, 0.3) is 0 Å². The standard InChI is InChI=1S/C23H25NO/c1-3-9-18(10-4-1)20-17-22(19-11-5-2-6-12-19)24-15-16-25-23(24)14-8-7-13-21(20)23/h1-6,9-12,17,20-21H,7-8,13-16H2/t20-,21+,23+/m0/s1. The summed E-state index contributed by atoms with van der Waals surface area (Å²) in [4.78, 5) is 2.59. The van der Waals surface area contributed by atoms with Crippen molar-refractivity contribution in [2.24, 2.45) is 5.92 Å². The summed E-state index contributed by atoms with van der Waals surface area (Å²) in [5, 5.41) is 0. The molecular formula is C23H25NO. The summed E-state index contributed by atoms with van der Waals surface area (Å²) in [5.41, 5.74) is 4.01. The predicted molar refractivity (Wildman–Crippen MR) is 101 cm³/mol. The molecule has 0 amide bonds. The summed E-state index contributed by atoms with van der Waals surface area (Å²) in [6.07, 6.45) is 7.53. The van der Waals surface area contributed by atoms with Crippen molar-refractivity contribution in [3.8, 4) is 0 Å².